The molecule has 1 unspecified atom stereocenters. The molecule has 0 saturated heterocycles. The Morgan fingerprint density at radius 1 is 1.50 bits per heavy atom. The van der Waals surface area contributed by atoms with Gasteiger partial charge in [-0.3, -0.25) is 9.89 Å². The quantitative estimate of drug-likeness (QED) is 0.845. The molecule has 0 fully saturated rings. The molecule has 18 heavy (non-hydrogen) atoms. The molecule has 0 aliphatic carbocycles. The number of hydrogen-bond donors (Lipinski definition) is 2. The molecule has 2 N–H and O–H groups in total. The van der Waals surface area contributed by atoms with Gasteiger partial charge in [0.25, 0.3) is 5.91 Å². The van der Waals surface area contributed by atoms with Crippen molar-refractivity contribution in [3.05, 3.63) is 30.0 Å². The van der Waals surface area contributed by atoms with E-state index in [2.05, 4.69) is 15.5 Å². The molecule has 1 heterocycles. The molecule has 0 aliphatic rings. The van der Waals surface area contributed by atoms with Gasteiger partial charge in [-0.15, -0.1) is 0 Å². The minimum absolute atomic E-state index is 0.0629. The number of nitrogens with zero attached hydrogens (tertiary/aromatic N) is 1. The number of H-pyrrole nitrogens is 1. The fraction of sp³-hybridized carbons (Fsp3) is 0.385. The number of carbonyl (C=O) groups excluding carboxylic acids is 1. The zero-order valence-corrected chi connectivity index (χ0v) is 10.6. The van der Waals surface area contributed by atoms with Crippen LogP contribution >= 0.6 is 0 Å². The van der Waals surface area contributed by atoms with Crippen molar-refractivity contribution in [2.75, 3.05) is 13.7 Å². The van der Waals surface area contributed by atoms with Gasteiger partial charge in [0.15, 0.2) is 5.69 Å². The topological polar surface area (TPSA) is 67.0 Å². The summed E-state index contributed by atoms with van der Waals surface area (Å²) in [4.78, 5) is 12.1. The van der Waals surface area contributed by atoms with Crippen LogP contribution in [-0.4, -0.2) is 35.9 Å². The second-order valence-corrected chi connectivity index (χ2v) is 4.27. The fourth-order valence-corrected chi connectivity index (χ4v) is 1.80. The van der Waals surface area contributed by atoms with Crippen molar-refractivity contribution in [2.24, 2.45) is 0 Å². The molecule has 1 atom stereocenters. The van der Waals surface area contributed by atoms with Crippen LogP contribution in [0.15, 0.2) is 24.3 Å². The monoisotopic (exact) mass is 247 g/mol. The highest BCUT2D eigenvalue weighted by atomic mass is 16.5. The first-order valence-electron chi connectivity index (χ1n) is 5.95. The largest absolute Gasteiger partial charge is 0.385 e. The van der Waals surface area contributed by atoms with Gasteiger partial charge in [-0.1, -0.05) is 18.2 Å². The Kier molecular flexibility index (Phi) is 3.94. The predicted octanol–water partition coefficient (Wildman–Crippen LogP) is 1.72. The lowest BCUT2D eigenvalue weighted by Crippen LogP contribution is -2.33. The molecular weight excluding hydrogens is 230 g/mol. The van der Waals surface area contributed by atoms with E-state index in [1.807, 2.05) is 31.2 Å². The summed E-state index contributed by atoms with van der Waals surface area (Å²) in [7, 11) is 1.65. The van der Waals surface area contributed by atoms with Gasteiger partial charge >= 0.3 is 0 Å². The Morgan fingerprint density at radius 3 is 3.06 bits per heavy atom. The van der Waals surface area contributed by atoms with E-state index in [1.54, 1.807) is 7.11 Å². The minimum Gasteiger partial charge on any atom is -0.385 e. The molecule has 5 heteroatoms. The van der Waals surface area contributed by atoms with Crippen LogP contribution in [0.4, 0.5) is 0 Å². The van der Waals surface area contributed by atoms with Crippen molar-refractivity contribution in [3.8, 4) is 0 Å². The minimum atomic E-state index is -0.156. The van der Waals surface area contributed by atoms with Crippen LogP contribution in [0.25, 0.3) is 10.9 Å². The molecule has 1 aromatic carbocycles. The van der Waals surface area contributed by atoms with Crippen LogP contribution < -0.4 is 5.32 Å². The number of aromatic amines is 1. The molecule has 5 nitrogen and oxygen atoms in total. The molecule has 96 valence electrons. The van der Waals surface area contributed by atoms with Crippen LogP contribution in [0, 0.1) is 0 Å². The van der Waals surface area contributed by atoms with Crippen LogP contribution in [0.1, 0.15) is 23.8 Å². The second kappa shape index (κ2) is 5.64. The van der Waals surface area contributed by atoms with Crippen molar-refractivity contribution in [3.63, 3.8) is 0 Å². The Bertz CT molecular complexity index is 536. The maximum atomic E-state index is 12.1. The average Bonchev–Trinajstić information content (AvgIpc) is 2.80. The van der Waals surface area contributed by atoms with Gasteiger partial charge in [-0.25, -0.2) is 0 Å². The Hall–Kier alpha value is -1.88. The fourth-order valence-electron chi connectivity index (χ4n) is 1.80. The van der Waals surface area contributed by atoms with Gasteiger partial charge in [-0.05, 0) is 19.4 Å². The van der Waals surface area contributed by atoms with E-state index < -0.39 is 0 Å². The van der Waals surface area contributed by atoms with Crippen LogP contribution in [0.2, 0.25) is 0 Å². The summed E-state index contributed by atoms with van der Waals surface area (Å²) < 4.78 is 4.98. The first-order chi connectivity index (χ1) is 8.72. The molecule has 2 aromatic rings. The van der Waals surface area contributed by atoms with Crippen molar-refractivity contribution in [2.45, 2.75) is 19.4 Å². The SMILES string of the molecule is COCCC(C)NC(=O)c1n[nH]c2ccccc12. The summed E-state index contributed by atoms with van der Waals surface area (Å²) in [6.07, 6.45) is 0.782. The summed E-state index contributed by atoms with van der Waals surface area (Å²) in [6.45, 7) is 2.58. The maximum Gasteiger partial charge on any atom is 0.272 e. The van der Waals surface area contributed by atoms with Crippen LogP contribution in [0.5, 0.6) is 0 Å². The summed E-state index contributed by atoms with van der Waals surface area (Å²) in [5.74, 6) is -0.156. The van der Waals surface area contributed by atoms with E-state index in [9.17, 15) is 4.79 Å². The number of benzene rings is 1. The molecule has 1 aromatic heterocycles. The molecule has 0 aliphatic heterocycles. The summed E-state index contributed by atoms with van der Waals surface area (Å²) in [5.41, 5.74) is 1.31. The summed E-state index contributed by atoms with van der Waals surface area (Å²) >= 11 is 0. The molecule has 1 amide bonds. The van der Waals surface area contributed by atoms with Gasteiger partial charge < -0.3 is 10.1 Å². The first kappa shape index (κ1) is 12.6. The molecule has 0 spiro atoms. The van der Waals surface area contributed by atoms with Crippen molar-refractivity contribution < 1.29 is 9.53 Å². The second-order valence-electron chi connectivity index (χ2n) is 4.27. The number of hydrogen-bond acceptors (Lipinski definition) is 3. The van der Waals surface area contributed by atoms with E-state index in [0.717, 1.165) is 17.3 Å². The van der Waals surface area contributed by atoms with Crippen LogP contribution in [0.3, 0.4) is 0 Å². The zero-order chi connectivity index (χ0) is 13.0. The number of ether oxygens (including phenoxy) is 1. The van der Waals surface area contributed by atoms with Gasteiger partial charge in [-0.2, -0.15) is 5.10 Å². The lowest BCUT2D eigenvalue weighted by Gasteiger charge is -2.12. The number of para-hydroxylation sites is 1. The third-order valence-corrected chi connectivity index (χ3v) is 2.82. The lowest BCUT2D eigenvalue weighted by atomic mass is 10.2. The highest BCUT2D eigenvalue weighted by molar-refractivity contribution is 6.04. The van der Waals surface area contributed by atoms with E-state index in [0.29, 0.717) is 12.3 Å². The molecule has 0 saturated carbocycles. The van der Waals surface area contributed by atoms with E-state index in [1.165, 1.54) is 0 Å². The highest BCUT2D eigenvalue weighted by Crippen LogP contribution is 2.14. The number of nitrogens with one attached hydrogen (secondary N) is 2. The van der Waals surface area contributed by atoms with Crippen LogP contribution in [-0.2, 0) is 4.74 Å². The van der Waals surface area contributed by atoms with Gasteiger partial charge in [0.1, 0.15) is 0 Å². The average molecular weight is 247 g/mol. The van der Waals surface area contributed by atoms with E-state index in [-0.39, 0.29) is 11.9 Å². The number of aromatic nitrogens is 2. The molecule has 0 radical (unpaired) electrons. The lowest BCUT2D eigenvalue weighted by molar-refractivity contribution is 0.0926. The molecule has 2 rings (SSSR count). The summed E-state index contributed by atoms with van der Waals surface area (Å²) in [5, 5.41) is 10.7. The summed E-state index contributed by atoms with van der Waals surface area (Å²) in [6, 6.07) is 7.64. The van der Waals surface area contributed by atoms with E-state index >= 15 is 0 Å². The smallest absolute Gasteiger partial charge is 0.272 e. The predicted molar refractivity (Wildman–Crippen MR) is 69.5 cm³/mol. The maximum absolute atomic E-state index is 12.1. The van der Waals surface area contributed by atoms with Crippen molar-refractivity contribution in [1.29, 1.82) is 0 Å². The molecular formula is C13H17N3O2. The number of methoxy groups -OCH3 is 1. The Labute approximate surface area is 106 Å². The Morgan fingerprint density at radius 2 is 2.28 bits per heavy atom. The van der Waals surface area contributed by atoms with Gasteiger partial charge in [0.05, 0.1) is 5.52 Å². The number of amides is 1. The van der Waals surface area contributed by atoms with Gasteiger partial charge in [0, 0.05) is 25.1 Å². The number of carbonyl (C=O) groups is 1. The third kappa shape index (κ3) is 2.68. The normalized spacial score (nSPS) is 12.6. The Balaban J connectivity index is 2.09. The number of rotatable bonds is 5. The van der Waals surface area contributed by atoms with E-state index in [4.69, 9.17) is 4.74 Å². The van der Waals surface area contributed by atoms with Gasteiger partial charge in [0.2, 0.25) is 0 Å². The number of fused-ring (bicyclic) bond motifs is 1. The van der Waals surface area contributed by atoms with Crippen molar-refractivity contribution in [1.82, 2.24) is 15.5 Å². The molecule has 0 bridgehead atoms. The highest BCUT2D eigenvalue weighted by Gasteiger charge is 2.15. The van der Waals surface area contributed by atoms with Crippen molar-refractivity contribution >= 4 is 16.8 Å². The zero-order valence-electron chi connectivity index (χ0n) is 10.6. The standard InChI is InChI=1S/C13H17N3O2/c1-9(7-8-18-2)14-13(17)12-10-5-3-4-6-11(10)15-16-12/h3-6,9H,7-8H2,1-2H3,(H,14,17)(H,15,16). The first-order valence-corrected chi connectivity index (χ1v) is 5.95. The third-order valence-electron chi connectivity index (χ3n) is 2.82.